The van der Waals surface area contributed by atoms with Crippen molar-refractivity contribution in [2.24, 2.45) is 0 Å². The molecule has 96 valence electrons. The number of hydrogen-bond acceptors (Lipinski definition) is 3. The Balaban J connectivity index is 0. The van der Waals surface area contributed by atoms with Crippen LogP contribution in [0, 0.1) is 0 Å². The van der Waals surface area contributed by atoms with Crippen LogP contribution < -0.4 is 17.7 Å². The molecule has 0 saturated carbocycles. The van der Waals surface area contributed by atoms with Gasteiger partial charge in [-0.25, -0.2) is 4.79 Å². The van der Waals surface area contributed by atoms with Crippen LogP contribution in [-0.4, -0.2) is 62.5 Å². The van der Waals surface area contributed by atoms with Crippen LogP contribution in [0.2, 0.25) is 0 Å². The molecule has 0 unspecified atom stereocenters. The number of carboxylic acids is 1. The van der Waals surface area contributed by atoms with Crippen LogP contribution in [0.4, 0.5) is 4.79 Å². The van der Waals surface area contributed by atoms with Crippen molar-refractivity contribution in [2.45, 2.75) is 12.5 Å². The first-order valence-corrected chi connectivity index (χ1v) is 4.61. The Morgan fingerprint density at radius 2 is 1.88 bits per heavy atom. The molecule has 0 saturated heterocycles. The van der Waals surface area contributed by atoms with E-state index >= 15 is 0 Å². The Bertz CT molecular complexity index is 240. The molecule has 16 heavy (non-hydrogen) atoms. The number of carbonyl (C=O) groups excluding carboxylic acids is 1. The second-order valence-corrected chi connectivity index (χ2v) is 4.40. The number of nitrogens with zero attached hydrogens (tertiary/aromatic N) is 1. The van der Waals surface area contributed by atoms with E-state index in [1.807, 2.05) is 21.1 Å². The molecule has 7 heteroatoms. The fraction of sp³-hybridized carbons (Fsp3) is 0.778. The first-order chi connectivity index (χ1) is 6.74. The first kappa shape index (κ1) is 17.4. The van der Waals surface area contributed by atoms with Crippen LogP contribution in [0.25, 0.3) is 0 Å². The lowest BCUT2D eigenvalue weighted by molar-refractivity contribution is -0.871. The molecule has 0 aromatic heterocycles. The number of quaternary nitrogens is 1. The third-order valence-corrected chi connectivity index (χ3v) is 1.70. The lowest BCUT2D eigenvalue weighted by atomic mass is 10.2. The Morgan fingerprint density at radius 3 is 2.19 bits per heavy atom. The van der Waals surface area contributed by atoms with Gasteiger partial charge in [-0.05, 0) is 0 Å². The topological polar surface area (TPSA) is 75.6 Å². The smallest absolute Gasteiger partial charge is 0.407 e. The number of nitrogens with one attached hydrogen (secondary N) is 1. The minimum Gasteiger partial charge on any atom is -1.00 e. The molecular formula is C9H19ClN2O4. The zero-order chi connectivity index (χ0) is 12.1. The zero-order valence-corrected chi connectivity index (χ0v) is 10.7. The molecule has 0 aliphatic rings. The number of methoxy groups -OCH3 is 1. The van der Waals surface area contributed by atoms with E-state index in [1.165, 1.54) is 7.11 Å². The number of likely N-dealkylation sites (N-methyl/N-ethyl adjacent to an activating group) is 1. The third kappa shape index (κ3) is 9.54. The molecule has 0 aliphatic heterocycles. The summed E-state index contributed by atoms with van der Waals surface area (Å²) in [5.41, 5.74) is 0. The van der Waals surface area contributed by atoms with E-state index in [0.717, 1.165) is 0 Å². The lowest BCUT2D eigenvalue weighted by Crippen LogP contribution is -3.00. The highest BCUT2D eigenvalue weighted by atomic mass is 35.5. The van der Waals surface area contributed by atoms with Crippen molar-refractivity contribution in [3.8, 4) is 0 Å². The Labute approximate surface area is 102 Å². The average Bonchev–Trinajstić information content (AvgIpc) is 1.99. The van der Waals surface area contributed by atoms with Gasteiger partial charge in [-0.2, -0.15) is 0 Å². The monoisotopic (exact) mass is 254 g/mol. The summed E-state index contributed by atoms with van der Waals surface area (Å²) in [5, 5.41) is 11.2. The maximum atomic E-state index is 11.0. The highest BCUT2D eigenvalue weighted by Gasteiger charge is 2.22. The standard InChI is InChI=1S/C9H18N2O4.ClH/c1-11(2,3)6-7(5-8(12)13)10-9(14)15-4;/h7H,5-6H2,1-4H3,(H-,10,12,13,14);1H/t7-;/m1./s1. The number of carboxylic acid groups (broad SMARTS) is 1. The van der Waals surface area contributed by atoms with E-state index < -0.39 is 18.1 Å². The second-order valence-electron chi connectivity index (χ2n) is 4.40. The number of halogens is 1. The Morgan fingerprint density at radius 1 is 1.38 bits per heavy atom. The summed E-state index contributed by atoms with van der Waals surface area (Å²) in [6.07, 6.45) is -0.709. The number of rotatable bonds is 5. The third-order valence-electron chi connectivity index (χ3n) is 1.70. The molecule has 6 nitrogen and oxygen atoms in total. The molecule has 0 aromatic carbocycles. The molecule has 0 aromatic rings. The molecule has 0 bridgehead atoms. The summed E-state index contributed by atoms with van der Waals surface area (Å²) in [6.45, 7) is 0.529. The Kier molecular flexibility index (Phi) is 7.93. The van der Waals surface area contributed by atoms with Crippen molar-refractivity contribution in [2.75, 3.05) is 34.8 Å². The summed E-state index contributed by atoms with van der Waals surface area (Å²) in [7, 11) is 7.02. The van der Waals surface area contributed by atoms with Gasteiger partial charge in [0.1, 0.15) is 0 Å². The summed E-state index contributed by atoms with van der Waals surface area (Å²) in [5.74, 6) is -0.940. The number of amides is 1. The van der Waals surface area contributed by atoms with E-state index in [9.17, 15) is 9.59 Å². The van der Waals surface area contributed by atoms with Crippen LogP contribution in [0.15, 0.2) is 0 Å². The van der Waals surface area contributed by atoms with Gasteiger partial charge >= 0.3 is 12.1 Å². The van der Waals surface area contributed by atoms with Crippen molar-refractivity contribution in [3.05, 3.63) is 0 Å². The number of alkyl carbamates (subject to hydrolysis) is 1. The van der Waals surface area contributed by atoms with Gasteiger partial charge in [-0.3, -0.25) is 4.79 Å². The molecule has 0 fully saturated rings. The molecule has 1 atom stereocenters. The van der Waals surface area contributed by atoms with Gasteiger partial charge < -0.3 is 32.1 Å². The highest BCUT2D eigenvalue weighted by molar-refractivity contribution is 5.71. The summed E-state index contributed by atoms with van der Waals surface area (Å²) in [6, 6.07) is -0.421. The van der Waals surface area contributed by atoms with Gasteiger partial charge in [0, 0.05) is 0 Å². The summed E-state index contributed by atoms with van der Waals surface area (Å²) < 4.78 is 5.00. The van der Waals surface area contributed by atoms with Crippen molar-refractivity contribution in [1.29, 1.82) is 0 Å². The van der Waals surface area contributed by atoms with E-state index in [2.05, 4.69) is 10.1 Å². The Hall–Kier alpha value is -1.01. The lowest BCUT2D eigenvalue weighted by Gasteiger charge is -2.28. The van der Waals surface area contributed by atoms with E-state index in [4.69, 9.17) is 5.11 Å². The molecule has 0 heterocycles. The number of aliphatic carboxylic acids is 1. The largest absolute Gasteiger partial charge is 1.00 e. The maximum Gasteiger partial charge on any atom is 0.407 e. The van der Waals surface area contributed by atoms with Gasteiger partial charge in [0.25, 0.3) is 0 Å². The number of hydrogen-bond donors (Lipinski definition) is 2. The molecule has 2 N–H and O–H groups in total. The molecule has 0 rings (SSSR count). The maximum absolute atomic E-state index is 11.0. The second kappa shape index (κ2) is 7.29. The van der Waals surface area contributed by atoms with Crippen molar-refractivity contribution < 1.29 is 36.3 Å². The van der Waals surface area contributed by atoms with Gasteiger partial charge in [0.15, 0.2) is 0 Å². The fourth-order valence-corrected chi connectivity index (χ4v) is 1.26. The predicted octanol–water partition coefficient (Wildman–Crippen LogP) is -3.10. The molecule has 0 aliphatic carbocycles. The average molecular weight is 255 g/mol. The first-order valence-electron chi connectivity index (χ1n) is 4.61. The zero-order valence-electron chi connectivity index (χ0n) is 9.99. The van der Waals surface area contributed by atoms with Crippen molar-refractivity contribution in [1.82, 2.24) is 5.32 Å². The van der Waals surface area contributed by atoms with Crippen LogP contribution in [0.3, 0.4) is 0 Å². The molecule has 0 spiro atoms. The minimum atomic E-state index is -0.940. The number of ether oxygens (including phenoxy) is 1. The van der Waals surface area contributed by atoms with Gasteiger partial charge in [0.05, 0.1) is 47.3 Å². The summed E-state index contributed by atoms with van der Waals surface area (Å²) in [4.78, 5) is 21.5. The number of carbonyl (C=O) groups is 2. The molecule has 0 radical (unpaired) electrons. The van der Waals surface area contributed by atoms with Gasteiger partial charge in [-0.1, -0.05) is 0 Å². The van der Waals surface area contributed by atoms with E-state index in [-0.39, 0.29) is 18.8 Å². The normalized spacial score (nSPS) is 12.2. The van der Waals surface area contributed by atoms with Gasteiger partial charge in [-0.15, -0.1) is 0 Å². The highest BCUT2D eigenvalue weighted by Crippen LogP contribution is 2.00. The van der Waals surface area contributed by atoms with Crippen molar-refractivity contribution in [3.63, 3.8) is 0 Å². The van der Waals surface area contributed by atoms with E-state index in [1.54, 1.807) is 0 Å². The molecule has 1 amide bonds. The van der Waals surface area contributed by atoms with Crippen molar-refractivity contribution >= 4 is 12.1 Å². The van der Waals surface area contributed by atoms with Crippen LogP contribution in [0.5, 0.6) is 0 Å². The van der Waals surface area contributed by atoms with Crippen LogP contribution in [0.1, 0.15) is 6.42 Å². The van der Waals surface area contributed by atoms with E-state index in [0.29, 0.717) is 11.0 Å². The fourth-order valence-electron chi connectivity index (χ4n) is 1.26. The van der Waals surface area contributed by atoms with Crippen LogP contribution >= 0.6 is 0 Å². The summed E-state index contributed by atoms with van der Waals surface area (Å²) >= 11 is 0. The quantitative estimate of drug-likeness (QED) is 0.510. The van der Waals surface area contributed by atoms with Crippen LogP contribution in [-0.2, 0) is 9.53 Å². The van der Waals surface area contributed by atoms with Gasteiger partial charge in [0.2, 0.25) is 0 Å². The predicted molar refractivity (Wildman–Crippen MR) is 54.5 cm³/mol. The molecular weight excluding hydrogens is 236 g/mol. The minimum absolute atomic E-state index is 0. The SMILES string of the molecule is COC(=O)N[C@H](CC(=O)O)C[N+](C)(C)C.[Cl-].